The highest BCUT2D eigenvalue weighted by atomic mass is 127. The molecule has 0 aliphatic heterocycles. The number of hydrogen-bond acceptors (Lipinski definition) is 3. The van der Waals surface area contributed by atoms with E-state index in [2.05, 4.69) is 33.0 Å². The van der Waals surface area contributed by atoms with Crippen LogP contribution < -0.4 is 10.9 Å². The van der Waals surface area contributed by atoms with Gasteiger partial charge in [0.25, 0.3) is 5.56 Å². The lowest BCUT2D eigenvalue weighted by Gasteiger charge is -2.07. The maximum absolute atomic E-state index is 12.7. The van der Waals surface area contributed by atoms with Crippen LogP contribution in [0.1, 0.15) is 5.69 Å². The minimum atomic E-state index is -0.291. The minimum Gasteiger partial charge on any atom is -0.318 e. The Kier molecular flexibility index (Phi) is 4.56. The summed E-state index contributed by atoms with van der Waals surface area (Å²) in [6.07, 6.45) is 3.43. The fourth-order valence-corrected chi connectivity index (χ4v) is 2.91. The van der Waals surface area contributed by atoms with E-state index in [9.17, 15) is 9.59 Å². The van der Waals surface area contributed by atoms with E-state index in [4.69, 9.17) is 0 Å². The topological polar surface area (TPSA) is 73.8 Å². The molecule has 0 bridgehead atoms. The first kappa shape index (κ1) is 16.5. The Morgan fingerprint density at radius 2 is 2.00 bits per heavy atom. The standard InChI is InChI=1S/C16H16IN5O2/c1-11-15(19-14(23)10-21-9-12(17)8-18-21)16(24)22(20(11)2)13-6-4-3-5-7-13/h3-9H,10H2,1-2H3,(H,19,23). The third-order valence-electron chi connectivity index (χ3n) is 3.73. The van der Waals surface area contributed by atoms with Crippen molar-refractivity contribution in [2.24, 2.45) is 7.05 Å². The molecule has 24 heavy (non-hydrogen) atoms. The van der Waals surface area contributed by atoms with Gasteiger partial charge in [0.2, 0.25) is 5.91 Å². The predicted octanol–water partition coefficient (Wildman–Crippen LogP) is 1.92. The molecule has 0 aliphatic carbocycles. The van der Waals surface area contributed by atoms with Crippen LogP contribution in [0.25, 0.3) is 5.69 Å². The van der Waals surface area contributed by atoms with Crippen molar-refractivity contribution in [1.29, 1.82) is 0 Å². The predicted molar refractivity (Wildman–Crippen MR) is 99.3 cm³/mol. The molecule has 1 aromatic carbocycles. The smallest absolute Gasteiger partial charge is 0.295 e. The highest BCUT2D eigenvalue weighted by molar-refractivity contribution is 14.1. The molecule has 0 atom stereocenters. The van der Waals surface area contributed by atoms with Crippen LogP contribution in [-0.4, -0.2) is 25.1 Å². The second-order valence-corrected chi connectivity index (χ2v) is 6.59. The van der Waals surface area contributed by atoms with Crippen molar-refractivity contribution in [2.45, 2.75) is 13.5 Å². The molecule has 0 spiro atoms. The molecule has 0 unspecified atom stereocenters. The molecular weight excluding hydrogens is 421 g/mol. The third kappa shape index (κ3) is 3.14. The number of amides is 1. The second kappa shape index (κ2) is 6.63. The van der Waals surface area contributed by atoms with Crippen molar-refractivity contribution in [3.63, 3.8) is 0 Å². The number of anilines is 1. The van der Waals surface area contributed by atoms with E-state index in [0.29, 0.717) is 5.69 Å². The SMILES string of the molecule is Cc1c(NC(=O)Cn2cc(I)cn2)c(=O)n(-c2ccccc2)n1C. The highest BCUT2D eigenvalue weighted by Gasteiger charge is 2.18. The van der Waals surface area contributed by atoms with Gasteiger partial charge in [0.05, 0.1) is 21.1 Å². The van der Waals surface area contributed by atoms with Crippen molar-refractivity contribution in [2.75, 3.05) is 5.32 Å². The molecule has 0 saturated heterocycles. The number of benzene rings is 1. The molecule has 2 aromatic heterocycles. The Labute approximate surface area is 152 Å². The van der Waals surface area contributed by atoms with Crippen LogP contribution in [0.5, 0.6) is 0 Å². The first-order chi connectivity index (χ1) is 11.5. The lowest BCUT2D eigenvalue weighted by Crippen LogP contribution is -2.25. The Balaban J connectivity index is 1.89. The van der Waals surface area contributed by atoms with E-state index in [1.54, 1.807) is 31.0 Å². The molecule has 2 heterocycles. The maximum atomic E-state index is 12.7. The first-order valence-corrected chi connectivity index (χ1v) is 8.37. The van der Waals surface area contributed by atoms with Gasteiger partial charge in [-0.05, 0) is 41.6 Å². The fraction of sp³-hybridized carbons (Fsp3) is 0.188. The number of para-hydroxylation sites is 1. The molecule has 0 saturated carbocycles. The number of nitrogens with zero attached hydrogens (tertiary/aromatic N) is 4. The summed E-state index contributed by atoms with van der Waals surface area (Å²) < 4.78 is 5.74. The summed E-state index contributed by atoms with van der Waals surface area (Å²) in [7, 11) is 1.79. The van der Waals surface area contributed by atoms with Gasteiger partial charge in [-0.3, -0.25) is 19.0 Å². The highest BCUT2D eigenvalue weighted by Crippen LogP contribution is 2.14. The van der Waals surface area contributed by atoms with Gasteiger partial charge in [0, 0.05) is 13.2 Å². The number of nitrogens with one attached hydrogen (secondary N) is 1. The summed E-state index contributed by atoms with van der Waals surface area (Å²) in [5, 5.41) is 6.78. The molecule has 124 valence electrons. The van der Waals surface area contributed by atoms with E-state index in [0.717, 1.165) is 9.26 Å². The summed E-state index contributed by atoms with van der Waals surface area (Å²) >= 11 is 2.12. The molecule has 8 heteroatoms. The number of halogens is 1. The van der Waals surface area contributed by atoms with E-state index in [1.807, 2.05) is 30.3 Å². The van der Waals surface area contributed by atoms with Crippen LogP contribution in [-0.2, 0) is 18.4 Å². The third-order valence-corrected chi connectivity index (χ3v) is 4.28. The van der Waals surface area contributed by atoms with Crippen LogP contribution in [0.4, 0.5) is 5.69 Å². The molecule has 7 nitrogen and oxygen atoms in total. The largest absolute Gasteiger partial charge is 0.318 e. The van der Waals surface area contributed by atoms with Crippen LogP contribution in [0, 0.1) is 10.5 Å². The summed E-state index contributed by atoms with van der Waals surface area (Å²) in [5.74, 6) is -0.291. The number of aromatic nitrogens is 4. The Bertz CT molecular complexity index is 939. The van der Waals surface area contributed by atoms with Crippen LogP contribution in [0.3, 0.4) is 0 Å². The Morgan fingerprint density at radius 3 is 2.62 bits per heavy atom. The van der Waals surface area contributed by atoms with Gasteiger partial charge in [-0.1, -0.05) is 18.2 Å². The van der Waals surface area contributed by atoms with Gasteiger partial charge in [0.1, 0.15) is 12.2 Å². The zero-order chi connectivity index (χ0) is 17.3. The van der Waals surface area contributed by atoms with Crippen molar-refractivity contribution >= 4 is 34.2 Å². The van der Waals surface area contributed by atoms with E-state index in [-0.39, 0.29) is 23.7 Å². The van der Waals surface area contributed by atoms with Gasteiger partial charge >= 0.3 is 0 Å². The maximum Gasteiger partial charge on any atom is 0.295 e. The van der Waals surface area contributed by atoms with Crippen LogP contribution in [0.15, 0.2) is 47.5 Å². The molecule has 1 amide bonds. The fourth-order valence-electron chi connectivity index (χ4n) is 2.46. The monoisotopic (exact) mass is 437 g/mol. The quantitative estimate of drug-likeness (QED) is 0.635. The van der Waals surface area contributed by atoms with Crippen molar-refractivity contribution in [1.82, 2.24) is 19.1 Å². The first-order valence-electron chi connectivity index (χ1n) is 7.29. The Hall–Kier alpha value is -2.36. The summed E-state index contributed by atoms with van der Waals surface area (Å²) in [6.45, 7) is 1.86. The van der Waals surface area contributed by atoms with Crippen molar-refractivity contribution in [3.8, 4) is 5.69 Å². The number of carbonyl (C=O) groups excluding carboxylic acids is 1. The minimum absolute atomic E-state index is 0.0577. The van der Waals surface area contributed by atoms with Crippen molar-refractivity contribution in [3.05, 3.63) is 62.3 Å². The molecule has 1 N–H and O–H groups in total. The van der Waals surface area contributed by atoms with Gasteiger partial charge in [-0.25, -0.2) is 4.68 Å². The van der Waals surface area contributed by atoms with Gasteiger partial charge in [-0.2, -0.15) is 5.10 Å². The molecule has 0 radical (unpaired) electrons. The Morgan fingerprint density at radius 1 is 1.29 bits per heavy atom. The van der Waals surface area contributed by atoms with E-state index in [1.165, 1.54) is 9.36 Å². The average molecular weight is 437 g/mol. The van der Waals surface area contributed by atoms with E-state index >= 15 is 0 Å². The van der Waals surface area contributed by atoms with Crippen LogP contribution >= 0.6 is 22.6 Å². The summed E-state index contributed by atoms with van der Waals surface area (Å²) in [4.78, 5) is 24.9. The molecular formula is C16H16IN5O2. The zero-order valence-corrected chi connectivity index (χ0v) is 15.4. The normalized spacial score (nSPS) is 10.8. The number of hydrogen-bond donors (Lipinski definition) is 1. The van der Waals surface area contributed by atoms with E-state index < -0.39 is 0 Å². The molecule has 3 aromatic rings. The number of carbonyl (C=O) groups is 1. The van der Waals surface area contributed by atoms with Gasteiger partial charge in [0.15, 0.2) is 0 Å². The zero-order valence-electron chi connectivity index (χ0n) is 13.2. The van der Waals surface area contributed by atoms with Crippen molar-refractivity contribution < 1.29 is 4.79 Å². The summed E-state index contributed by atoms with van der Waals surface area (Å²) in [6, 6.07) is 9.30. The average Bonchev–Trinajstić information content (AvgIpc) is 3.05. The lowest BCUT2D eigenvalue weighted by atomic mass is 10.3. The van der Waals surface area contributed by atoms with Gasteiger partial charge < -0.3 is 5.32 Å². The molecule has 3 rings (SSSR count). The van der Waals surface area contributed by atoms with Gasteiger partial charge in [-0.15, -0.1) is 0 Å². The second-order valence-electron chi connectivity index (χ2n) is 5.34. The number of rotatable bonds is 4. The lowest BCUT2D eigenvalue weighted by molar-refractivity contribution is -0.116. The summed E-state index contributed by atoms with van der Waals surface area (Å²) in [5.41, 5.74) is 1.46. The molecule has 0 aliphatic rings. The molecule has 0 fully saturated rings. The van der Waals surface area contributed by atoms with Crippen LogP contribution in [0.2, 0.25) is 0 Å².